The Hall–Kier alpha value is -1.28. The molecule has 3 N–H and O–H groups in total. The van der Waals surface area contributed by atoms with Gasteiger partial charge in [0.2, 0.25) is 0 Å². The number of H-pyrrole nitrogens is 1. The summed E-state index contributed by atoms with van der Waals surface area (Å²) < 4.78 is 0. The van der Waals surface area contributed by atoms with Gasteiger partial charge in [-0.05, 0) is 29.2 Å². The number of aromatic amines is 1. The second kappa shape index (κ2) is 4.19. The molecule has 92 valence electrons. The SMILES string of the molecule is CC(C)c1ccc2[nH]cc(C(C)(C)CN)c2c1. The number of benzene rings is 1. The van der Waals surface area contributed by atoms with Crippen LogP contribution in [-0.2, 0) is 5.41 Å². The van der Waals surface area contributed by atoms with E-state index in [0.717, 1.165) is 0 Å². The summed E-state index contributed by atoms with van der Waals surface area (Å²) >= 11 is 0. The minimum absolute atomic E-state index is 0.0217. The summed E-state index contributed by atoms with van der Waals surface area (Å²) in [5.74, 6) is 0.558. The van der Waals surface area contributed by atoms with Crippen molar-refractivity contribution in [2.75, 3.05) is 6.54 Å². The molecule has 1 aromatic carbocycles. The van der Waals surface area contributed by atoms with Crippen LogP contribution in [0.3, 0.4) is 0 Å². The maximum Gasteiger partial charge on any atom is 0.0457 e. The highest BCUT2D eigenvalue weighted by molar-refractivity contribution is 5.85. The summed E-state index contributed by atoms with van der Waals surface area (Å²) in [5.41, 5.74) is 9.79. The van der Waals surface area contributed by atoms with Gasteiger partial charge >= 0.3 is 0 Å². The van der Waals surface area contributed by atoms with E-state index in [2.05, 4.69) is 57.1 Å². The quantitative estimate of drug-likeness (QED) is 0.832. The van der Waals surface area contributed by atoms with Crippen molar-refractivity contribution in [3.63, 3.8) is 0 Å². The molecule has 2 heteroatoms. The number of aromatic nitrogens is 1. The highest BCUT2D eigenvalue weighted by Gasteiger charge is 2.22. The van der Waals surface area contributed by atoms with Crippen molar-refractivity contribution in [2.24, 2.45) is 5.73 Å². The standard InChI is InChI=1S/C15H22N2/c1-10(2)11-5-6-14-12(7-11)13(8-17-14)15(3,4)9-16/h5-8,10,17H,9,16H2,1-4H3. The zero-order valence-corrected chi connectivity index (χ0v) is 11.2. The lowest BCUT2D eigenvalue weighted by Crippen LogP contribution is -2.27. The van der Waals surface area contributed by atoms with Gasteiger partial charge in [-0.2, -0.15) is 0 Å². The summed E-state index contributed by atoms with van der Waals surface area (Å²) in [7, 11) is 0. The van der Waals surface area contributed by atoms with Crippen LogP contribution < -0.4 is 5.73 Å². The molecule has 1 heterocycles. The number of nitrogens with one attached hydrogen (secondary N) is 1. The van der Waals surface area contributed by atoms with E-state index in [0.29, 0.717) is 12.5 Å². The Morgan fingerprint density at radius 2 is 2.00 bits per heavy atom. The topological polar surface area (TPSA) is 41.8 Å². The molecular formula is C15H22N2. The third kappa shape index (κ3) is 2.09. The maximum absolute atomic E-state index is 5.87. The Labute approximate surface area is 103 Å². The van der Waals surface area contributed by atoms with Gasteiger partial charge in [0, 0.05) is 29.1 Å². The van der Waals surface area contributed by atoms with Crippen molar-refractivity contribution in [3.05, 3.63) is 35.5 Å². The van der Waals surface area contributed by atoms with Gasteiger partial charge in [-0.15, -0.1) is 0 Å². The fraction of sp³-hybridized carbons (Fsp3) is 0.467. The lowest BCUT2D eigenvalue weighted by molar-refractivity contribution is 0.543. The molecule has 0 bridgehead atoms. The van der Waals surface area contributed by atoms with Crippen molar-refractivity contribution in [3.8, 4) is 0 Å². The smallest absolute Gasteiger partial charge is 0.0457 e. The number of fused-ring (bicyclic) bond motifs is 1. The Morgan fingerprint density at radius 3 is 2.59 bits per heavy atom. The summed E-state index contributed by atoms with van der Waals surface area (Å²) in [6.07, 6.45) is 2.10. The summed E-state index contributed by atoms with van der Waals surface area (Å²) in [5, 5.41) is 1.31. The lowest BCUT2D eigenvalue weighted by Gasteiger charge is -2.22. The monoisotopic (exact) mass is 230 g/mol. The van der Waals surface area contributed by atoms with E-state index in [4.69, 9.17) is 5.73 Å². The number of nitrogens with two attached hydrogens (primary N) is 1. The van der Waals surface area contributed by atoms with Crippen LogP contribution in [0.5, 0.6) is 0 Å². The van der Waals surface area contributed by atoms with Gasteiger partial charge in [-0.1, -0.05) is 33.8 Å². The molecule has 1 aromatic heterocycles. The fourth-order valence-corrected chi connectivity index (χ4v) is 2.17. The number of rotatable bonds is 3. The van der Waals surface area contributed by atoms with E-state index < -0.39 is 0 Å². The van der Waals surface area contributed by atoms with Crippen molar-refractivity contribution < 1.29 is 0 Å². The minimum Gasteiger partial charge on any atom is -0.361 e. The molecule has 0 saturated carbocycles. The molecule has 0 amide bonds. The molecule has 17 heavy (non-hydrogen) atoms. The van der Waals surface area contributed by atoms with Crippen LogP contribution >= 0.6 is 0 Å². The Morgan fingerprint density at radius 1 is 1.29 bits per heavy atom. The van der Waals surface area contributed by atoms with Crippen LogP contribution in [0.1, 0.15) is 44.7 Å². The van der Waals surface area contributed by atoms with Crippen LogP contribution in [0.2, 0.25) is 0 Å². The first-order valence-electron chi connectivity index (χ1n) is 6.27. The van der Waals surface area contributed by atoms with Gasteiger partial charge in [0.05, 0.1) is 0 Å². The van der Waals surface area contributed by atoms with Crippen LogP contribution in [0.25, 0.3) is 10.9 Å². The molecule has 0 spiro atoms. The van der Waals surface area contributed by atoms with E-state index >= 15 is 0 Å². The second-order valence-electron chi connectivity index (χ2n) is 5.75. The van der Waals surface area contributed by atoms with E-state index in [1.807, 2.05) is 0 Å². The third-order valence-corrected chi connectivity index (χ3v) is 3.61. The fourth-order valence-electron chi connectivity index (χ4n) is 2.17. The summed E-state index contributed by atoms with van der Waals surface area (Å²) in [6, 6.07) is 6.66. The molecule has 0 aliphatic carbocycles. The molecule has 0 radical (unpaired) electrons. The van der Waals surface area contributed by atoms with Crippen LogP contribution in [0.4, 0.5) is 0 Å². The highest BCUT2D eigenvalue weighted by atomic mass is 14.7. The van der Waals surface area contributed by atoms with Crippen molar-refractivity contribution in [2.45, 2.75) is 39.0 Å². The summed E-state index contributed by atoms with van der Waals surface area (Å²) in [4.78, 5) is 3.34. The molecule has 0 aliphatic rings. The van der Waals surface area contributed by atoms with E-state index in [1.54, 1.807) is 0 Å². The zero-order chi connectivity index (χ0) is 12.6. The van der Waals surface area contributed by atoms with Gasteiger partial charge in [0.1, 0.15) is 0 Å². The van der Waals surface area contributed by atoms with Gasteiger partial charge in [-0.25, -0.2) is 0 Å². The highest BCUT2D eigenvalue weighted by Crippen LogP contribution is 2.31. The normalized spacial score (nSPS) is 12.6. The molecule has 0 saturated heterocycles. The van der Waals surface area contributed by atoms with Gasteiger partial charge in [0.15, 0.2) is 0 Å². The molecule has 0 aliphatic heterocycles. The summed E-state index contributed by atoms with van der Waals surface area (Å²) in [6.45, 7) is 9.49. The van der Waals surface area contributed by atoms with E-state index in [9.17, 15) is 0 Å². The number of hydrogen-bond acceptors (Lipinski definition) is 1. The predicted molar refractivity (Wildman–Crippen MR) is 74.5 cm³/mol. The van der Waals surface area contributed by atoms with Crippen molar-refractivity contribution in [1.82, 2.24) is 4.98 Å². The van der Waals surface area contributed by atoms with Crippen LogP contribution in [0.15, 0.2) is 24.4 Å². The molecule has 2 nitrogen and oxygen atoms in total. The Bertz CT molecular complexity index is 521. The molecule has 0 atom stereocenters. The second-order valence-corrected chi connectivity index (χ2v) is 5.75. The van der Waals surface area contributed by atoms with Gasteiger partial charge in [0.25, 0.3) is 0 Å². The van der Waals surface area contributed by atoms with Crippen molar-refractivity contribution in [1.29, 1.82) is 0 Å². The largest absolute Gasteiger partial charge is 0.361 e. The predicted octanol–water partition coefficient (Wildman–Crippen LogP) is 3.53. The first-order valence-corrected chi connectivity index (χ1v) is 6.27. The third-order valence-electron chi connectivity index (χ3n) is 3.61. The number of hydrogen-bond donors (Lipinski definition) is 2. The molecule has 0 unspecified atom stereocenters. The Kier molecular flexibility index (Phi) is 3.00. The molecule has 2 rings (SSSR count). The molecular weight excluding hydrogens is 208 g/mol. The van der Waals surface area contributed by atoms with Crippen LogP contribution in [0, 0.1) is 0 Å². The van der Waals surface area contributed by atoms with E-state index in [1.165, 1.54) is 22.0 Å². The lowest BCUT2D eigenvalue weighted by atomic mass is 9.84. The first kappa shape index (κ1) is 12.2. The van der Waals surface area contributed by atoms with Crippen molar-refractivity contribution >= 4 is 10.9 Å². The van der Waals surface area contributed by atoms with Crippen LogP contribution in [-0.4, -0.2) is 11.5 Å². The average Bonchev–Trinajstić information content (AvgIpc) is 2.72. The Balaban J connectivity index is 2.62. The zero-order valence-electron chi connectivity index (χ0n) is 11.2. The first-order chi connectivity index (χ1) is 7.95. The maximum atomic E-state index is 5.87. The molecule has 2 aromatic rings. The van der Waals surface area contributed by atoms with E-state index in [-0.39, 0.29) is 5.41 Å². The molecule has 0 fully saturated rings. The minimum atomic E-state index is 0.0217. The van der Waals surface area contributed by atoms with Gasteiger partial charge < -0.3 is 10.7 Å². The van der Waals surface area contributed by atoms with Gasteiger partial charge in [-0.3, -0.25) is 0 Å². The average molecular weight is 230 g/mol.